The van der Waals surface area contributed by atoms with E-state index in [-0.39, 0.29) is 24.9 Å². The maximum absolute atomic E-state index is 12.4. The molecule has 1 N–H and O–H groups in total. The highest BCUT2D eigenvalue weighted by Crippen LogP contribution is 2.52. The van der Waals surface area contributed by atoms with Gasteiger partial charge in [-0.15, -0.1) is 0 Å². The van der Waals surface area contributed by atoms with Crippen LogP contribution < -0.4 is 0 Å². The van der Waals surface area contributed by atoms with E-state index in [0.717, 1.165) is 23.3 Å². The Balaban J connectivity index is 1.74. The molecule has 0 aromatic carbocycles. The number of rotatable bonds is 9. The average Bonchev–Trinajstić information content (AvgIpc) is 3.27. The highest BCUT2D eigenvalue weighted by Gasteiger charge is 2.41. The Morgan fingerprint density at radius 1 is 1.25 bits per heavy atom. The van der Waals surface area contributed by atoms with Crippen LogP contribution in [0.1, 0.15) is 114 Å². The number of hydrogen-bond acceptors (Lipinski definition) is 5. The predicted molar refractivity (Wildman–Crippen MR) is 108 cm³/mol. The van der Waals surface area contributed by atoms with Crippen LogP contribution in [0.15, 0.2) is 4.52 Å². The van der Waals surface area contributed by atoms with E-state index in [1.807, 2.05) is 20.8 Å². The van der Waals surface area contributed by atoms with Crippen LogP contribution in [0.25, 0.3) is 0 Å². The van der Waals surface area contributed by atoms with Crippen LogP contribution >= 0.6 is 0 Å². The van der Waals surface area contributed by atoms with Crippen LogP contribution in [-0.4, -0.2) is 28.4 Å². The second-order valence-corrected chi connectivity index (χ2v) is 10.3. The van der Waals surface area contributed by atoms with Crippen molar-refractivity contribution < 1.29 is 19.2 Å². The van der Waals surface area contributed by atoms with Gasteiger partial charge in [0.2, 0.25) is 0 Å². The average molecular weight is 392 g/mol. The monoisotopic (exact) mass is 391 g/mol. The molecule has 0 unspecified atom stereocenters. The van der Waals surface area contributed by atoms with Crippen molar-refractivity contribution in [3.05, 3.63) is 17.0 Å². The molecule has 1 aromatic rings. The molecule has 1 atom stereocenters. The fraction of sp³-hybridized carbons (Fsp3) is 0.826. The maximum atomic E-state index is 12.4. The second-order valence-electron chi connectivity index (χ2n) is 10.3. The molecule has 3 rings (SSSR count). The second kappa shape index (κ2) is 8.56. The molecule has 28 heavy (non-hydrogen) atoms. The molecule has 5 heteroatoms. The minimum absolute atomic E-state index is 0.0274. The van der Waals surface area contributed by atoms with Gasteiger partial charge < -0.3 is 14.4 Å². The fourth-order valence-corrected chi connectivity index (χ4v) is 4.58. The summed E-state index contributed by atoms with van der Waals surface area (Å²) in [4.78, 5) is 12.4. The first-order chi connectivity index (χ1) is 13.2. The van der Waals surface area contributed by atoms with Crippen molar-refractivity contribution in [1.82, 2.24) is 5.16 Å². The fourth-order valence-electron chi connectivity index (χ4n) is 4.58. The lowest BCUT2D eigenvalue weighted by atomic mass is 9.69. The Morgan fingerprint density at radius 2 is 1.93 bits per heavy atom. The van der Waals surface area contributed by atoms with Crippen LogP contribution in [0.3, 0.4) is 0 Å². The third kappa shape index (κ3) is 5.37. The first kappa shape index (κ1) is 21.4. The van der Waals surface area contributed by atoms with E-state index >= 15 is 0 Å². The molecule has 2 aliphatic rings. The third-order valence-corrected chi connectivity index (χ3v) is 5.88. The third-order valence-electron chi connectivity index (χ3n) is 5.88. The molecule has 2 aliphatic carbocycles. The zero-order valence-corrected chi connectivity index (χ0v) is 18.2. The molecule has 0 saturated heterocycles. The predicted octanol–water partition coefficient (Wildman–Crippen LogP) is 5.29. The van der Waals surface area contributed by atoms with Crippen LogP contribution in [0.2, 0.25) is 0 Å². The molecule has 0 radical (unpaired) electrons. The molecular weight excluding hydrogens is 354 g/mol. The molecule has 2 fully saturated rings. The summed E-state index contributed by atoms with van der Waals surface area (Å²) in [5.74, 6) is 3.20. The zero-order chi connectivity index (χ0) is 20.5. The molecule has 0 bridgehead atoms. The number of aliphatic hydroxyl groups is 1. The number of aromatic nitrogens is 1. The largest absolute Gasteiger partial charge is 0.460 e. The van der Waals surface area contributed by atoms with Gasteiger partial charge in [-0.3, -0.25) is 4.79 Å². The summed E-state index contributed by atoms with van der Waals surface area (Å²) < 4.78 is 11.4. The van der Waals surface area contributed by atoms with Crippen molar-refractivity contribution in [3.63, 3.8) is 0 Å². The molecule has 0 amide bonds. The van der Waals surface area contributed by atoms with Gasteiger partial charge in [0.15, 0.2) is 0 Å². The van der Waals surface area contributed by atoms with E-state index in [4.69, 9.17) is 9.26 Å². The van der Waals surface area contributed by atoms with Gasteiger partial charge in [0.25, 0.3) is 0 Å². The smallest absolute Gasteiger partial charge is 0.306 e. The summed E-state index contributed by atoms with van der Waals surface area (Å²) in [6, 6.07) is 0. The minimum atomic E-state index is -0.507. The van der Waals surface area contributed by atoms with E-state index in [2.05, 4.69) is 19.0 Å². The van der Waals surface area contributed by atoms with Crippen molar-refractivity contribution >= 4 is 5.97 Å². The summed E-state index contributed by atoms with van der Waals surface area (Å²) in [5, 5.41) is 14.0. The Kier molecular flexibility index (Phi) is 6.53. The summed E-state index contributed by atoms with van der Waals surface area (Å²) in [6.07, 6.45) is 6.73. The van der Waals surface area contributed by atoms with Gasteiger partial charge in [0.1, 0.15) is 11.4 Å². The van der Waals surface area contributed by atoms with Crippen LogP contribution in [0.4, 0.5) is 0 Å². The standard InChI is InChI=1S/C23H37NO4/c1-14(2)10-15-11-18(12-15)22-20(16-6-7-16)21(24-28-22)17(8-9-25)13-19(26)27-23(3,4)5/h14-18,25H,6-13H2,1-5H3/t15?,17-,18?/m1/s1. The lowest BCUT2D eigenvalue weighted by molar-refractivity contribution is -0.155. The van der Waals surface area contributed by atoms with Gasteiger partial charge in [0.05, 0.1) is 12.1 Å². The van der Waals surface area contributed by atoms with Gasteiger partial charge in [-0.25, -0.2) is 0 Å². The number of esters is 1. The SMILES string of the molecule is CC(C)CC1CC(c2onc([C@H](CCO)CC(=O)OC(C)(C)C)c2C2CC2)C1. The van der Waals surface area contributed by atoms with Gasteiger partial charge >= 0.3 is 5.97 Å². The van der Waals surface area contributed by atoms with Crippen LogP contribution in [0.5, 0.6) is 0 Å². The van der Waals surface area contributed by atoms with E-state index in [1.165, 1.54) is 37.7 Å². The highest BCUT2D eigenvalue weighted by atomic mass is 16.6. The Bertz CT molecular complexity index is 663. The number of ether oxygens (including phenoxy) is 1. The quantitative estimate of drug-likeness (QED) is 0.579. The molecule has 2 saturated carbocycles. The Morgan fingerprint density at radius 3 is 2.46 bits per heavy atom. The number of nitrogens with zero attached hydrogens (tertiary/aromatic N) is 1. The van der Waals surface area contributed by atoms with E-state index < -0.39 is 5.60 Å². The lowest BCUT2D eigenvalue weighted by Crippen LogP contribution is -2.25. The van der Waals surface area contributed by atoms with Crippen molar-refractivity contribution in [2.24, 2.45) is 11.8 Å². The molecule has 0 spiro atoms. The summed E-state index contributed by atoms with van der Waals surface area (Å²) in [6.45, 7) is 10.2. The van der Waals surface area contributed by atoms with Gasteiger partial charge in [-0.05, 0) is 77.0 Å². The van der Waals surface area contributed by atoms with Crippen molar-refractivity contribution in [1.29, 1.82) is 0 Å². The molecule has 5 nitrogen and oxygen atoms in total. The van der Waals surface area contributed by atoms with Gasteiger partial charge in [-0.1, -0.05) is 19.0 Å². The molecular formula is C23H37NO4. The van der Waals surface area contributed by atoms with Crippen LogP contribution in [0, 0.1) is 11.8 Å². The van der Waals surface area contributed by atoms with E-state index in [9.17, 15) is 9.90 Å². The Labute approximate surface area is 169 Å². The summed E-state index contributed by atoms with van der Waals surface area (Å²) in [7, 11) is 0. The molecule has 158 valence electrons. The first-order valence-corrected chi connectivity index (χ1v) is 11.0. The number of carbonyl (C=O) groups is 1. The van der Waals surface area contributed by atoms with Gasteiger partial charge in [-0.2, -0.15) is 0 Å². The minimum Gasteiger partial charge on any atom is -0.460 e. The van der Waals surface area contributed by atoms with Crippen molar-refractivity contribution in [3.8, 4) is 0 Å². The van der Waals surface area contributed by atoms with Gasteiger partial charge in [0, 0.05) is 24.0 Å². The normalized spacial score (nSPS) is 23.5. The first-order valence-electron chi connectivity index (χ1n) is 11.0. The van der Waals surface area contributed by atoms with E-state index in [1.54, 1.807) is 0 Å². The van der Waals surface area contributed by atoms with Crippen molar-refractivity contribution in [2.75, 3.05) is 6.61 Å². The number of hydrogen-bond donors (Lipinski definition) is 1. The summed E-state index contributed by atoms with van der Waals surface area (Å²) in [5.41, 5.74) is 1.63. The van der Waals surface area contributed by atoms with Crippen molar-refractivity contribution in [2.45, 2.75) is 103 Å². The lowest BCUT2D eigenvalue weighted by Gasteiger charge is -2.35. The number of aliphatic hydroxyl groups excluding tert-OH is 1. The molecule has 1 heterocycles. The molecule has 0 aliphatic heterocycles. The topological polar surface area (TPSA) is 72.6 Å². The summed E-state index contributed by atoms with van der Waals surface area (Å²) >= 11 is 0. The maximum Gasteiger partial charge on any atom is 0.306 e. The van der Waals surface area contributed by atoms with Crippen LogP contribution in [-0.2, 0) is 9.53 Å². The Hall–Kier alpha value is -1.36. The zero-order valence-electron chi connectivity index (χ0n) is 18.2. The number of carbonyl (C=O) groups excluding carboxylic acids is 1. The van der Waals surface area contributed by atoms with E-state index in [0.29, 0.717) is 18.3 Å². The molecule has 1 aromatic heterocycles. The highest BCUT2D eigenvalue weighted by molar-refractivity contribution is 5.71.